The number of aromatic nitrogens is 5. The molecule has 9 nitrogen and oxygen atoms in total. The summed E-state index contributed by atoms with van der Waals surface area (Å²) in [6, 6.07) is 21.5. The Balaban J connectivity index is 1.58. The topological polar surface area (TPSA) is 128 Å². The molecule has 0 spiro atoms. The Hall–Kier alpha value is -4.79. The molecule has 2 heterocycles. The van der Waals surface area contributed by atoms with E-state index in [9.17, 15) is 15.1 Å². The molecule has 0 saturated carbocycles. The van der Waals surface area contributed by atoms with Crippen molar-refractivity contribution >= 4 is 16.9 Å². The number of tetrazole rings is 1. The molecule has 0 atom stereocenters. The first kappa shape index (κ1) is 22.0. The van der Waals surface area contributed by atoms with Crippen LogP contribution < -0.4 is 9.47 Å². The maximum atomic E-state index is 13.1. The third-order valence-corrected chi connectivity index (χ3v) is 5.73. The van der Waals surface area contributed by atoms with Crippen molar-refractivity contribution in [3.05, 3.63) is 89.3 Å². The van der Waals surface area contributed by atoms with Crippen molar-refractivity contribution in [2.75, 3.05) is 0 Å². The first-order valence-electron chi connectivity index (χ1n) is 11.1. The third-order valence-electron chi connectivity index (χ3n) is 5.73. The van der Waals surface area contributed by atoms with E-state index in [4.69, 9.17) is 4.74 Å². The average Bonchev–Trinajstić information content (AvgIpc) is 3.42. The van der Waals surface area contributed by atoms with Crippen LogP contribution in [0, 0.1) is 5.21 Å². The lowest BCUT2D eigenvalue weighted by molar-refractivity contribution is -0.586. The zero-order valence-corrected chi connectivity index (χ0v) is 18.8. The summed E-state index contributed by atoms with van der Waals surface area (Å²) >= 11 is 0. The number of aromatic carboxylic acids is 1. The zero-order valence-electron chi connectivity index (χ0n) is 18.8. The van der Waals surface area contributed by atoms with Crippen molar-refractivity contribution in [1.29, 1.82) is 0 Å². The van der Waals surface area contributed by atoms with Gasteiger partial charge in [0, 0.05) is 18.1 Å². The summed E-state index contributed by atoms with van der Waals surface area (Å²) in [5, 5.41) is 37.7. The predicted molar refractivity (Wildman–Crippen MR) is 129 cm³/mol. The normalized spacial score (nSPS) is 11.0. The SMILES string of the molecule is CCCc1c(Oc2ccc(-c3ccccc3-c3nn[nH]n3)cc2)c(C(=O)O)c2ccccc2[n+]1[O-]. The Morgan fingerprint density at radius 1 is 1.03 bits per heavy atom. The largest absolute Gasteiger partial charge is 0.618 e. The number of nitrogens with one attached hydrogen (secondary N) is 1. The standard InChI is InChI=1S/C26H21N5O4/c1-2-7-22-24(23(26(32)33)20-10-5-6-11-21(20)31(22)34)35-17-14-12-16(13-15-17)18-8-3-4-9-19(18)25-27-29-30-28-25/h3-6,8-15H,2,7H2,1H3,(H,32,33)(H,27,28,29,30). The van der Waals surface area contributed by atoms with Gasteiger partial charge in [-0.2, -0.15) is 9.94 Å². The number of para-hydroxylation sites is 1. The number of H-pyrrole nitrogens is 1. The van der Waals surface area contributed by atoms with Crippen LogP contribution in [0.15, 0.2) is 72.8 Å². The highest BCUT2D eigenvalue weighted by atomic mass is 16.5. The number of ether oxygens (including phenoxy) is 1. The van der Waals surface area contributed by atoms with Crippen LogP contribution in [0.5, 0.6) is 11.5 Å². The monoisotopic (exact) mass is 467 g/mol. The van der Waals surface area contributed by atoms with E-state index >= 15 is 0 Å². The van der Waals surface area contributed by atoms with Crippen molar-refractivity contribution in [3.8, 4) is 34.0 Å². The molecule has 35 heavy (non-hydrogen) atoms. The number of carboxylic acids is 1. The molecule has 0 amide bonds. The number of carbonyl (C=O) groups is 1. The van der Waals surface area contributed by atoms with Crippen LogP contribution in [0.3, 0.4) is 0 Å². The van der Waals surface area contributed by atoms with E-state index in [1.165, 1.54) is 0 Å². The molecule has 2 aromatic heterocycles. The van der Waals surface area contributed by atoms with Crippen molar-refractivity contribution in [2.45, 2.75) is 19.8 Å². The highest BCUT2D eigenvalue weighted by molar-refractivity contribution is 6.04. The number of pyridine rings is 1. The summed E-state index contributed by atoms with van der Waals surface area (Å²) in [5.41, 5.74) is 3.17. The molecule has 0 aliphatic carbocycles. The van der Waals surface area contributed by atoms with Gasteiger partial charge in [-0.05, 0) is 41.0 Å². The minimum absolute atomic E-state index is 0.0253. The molecule has 0 saturated heterocycles. The lowest BCUT2D eigenvalue weighted by Crippen LogP contribution is -2.34. The van der Waals surface area contributed by atoms with Crippen molar-refractivity contribution in [3.63, 3.8) is 0 Å². The molecule has 0 unspecified atom stereocenters. The van der Waals surface area contributed by atoms with E-state index in [-0.39, 0.29) is 17.0 Å². The summed E-state index contributed by atoms with van der Waals surface area (Å²) in [6.07, 6.45) is 1.03. The number of hydrogen-bond acceptors (Lipinski definition) is 6. The molecule has 5 rings (SSSR count). The number of aromatic amines is 1. The highest BCUT2D eigenvalue weighted by Crippen LogP contribution is 2.35. The first-order valence-corrected chi connectivity index (χ1v) is 11.1. The summed E-state index contributed by atoms with van der Waals surface area (Å²) in [7, 11) is 0. The molecule has 3 aromatic carbocycles. The predicted octanol–water partition coefficient (Wildman–Crippen LogP) is 4.76. The summed E-state index contributed by atoms with van der Waals surface area (Å²) in [6.45, 7) is 1.93. The maximum Gasteiger partial charge on any atom is 0.340 e. The number of fused-ring (bicyclic) bond motifs is 1. The van der Waals surface area contributed by atoms with Gasteiger partial charge in [0.05, 0.1) is 5.39 Å². The number of hydrogen-bond donors (Lipinski definition) is 2. The van der Waals surface area contributed by atoms with Gasteiger partial charge >= 0.3 is 5.97 Å². The first-order chi connectivity index (χ1) is 17.1. The van der Waals surface area contributed by atoms with Gasteiger partial charge in [0.25, 0.3) is 0 Å². The van der Waals surface area contributed by atoms with Crippen LogP contribution in [-0.4, -0.2) is 31.7 Å². The Labute approximate surface area is 200 Å². The second kappa shape index (κ2) is 9.22. The molecule has 0 aliphatic heterocycles. The van der Waals surface area contributed by atoms with Crippen LogP contribution in [-0.2, 0) is 6.42 Å². The van der Waals surface area contributed by atoms with E-state index in [0.717, 1.165) is 21.4 Å². The fourth-order valence-electron chi connectivity index (χ4n) is 4.17. The van der Waals surface area contributed by atoms with Gasteiger partial charge in [-0.25, -0.2) is 4.79 Å². The Morgan fingerprint density at radius 3 is 2.43 bits per heavy atom. The van der Waals surface area contributed by atoms with Crippen LogP contribution >= 0.6 is 0 Å². The molecule has 9 heteroatoms. The third kappa shape index (κ3) is 4.04. The fourth-order valence-corrected chi connectivity index (χ4v) is 4.17. The summed E-state index contributed by atoms with van der Waals surface area (Å²) < 4.78 is 6.87. The number of nitrogens with zero attached hydrogens (tertiary/aromatic N) is 4. The number of benzene rings is 3. The lowest BCUT2D eigenvalue weighted by atomic mass is 9.99. The second-order valence-corrected chi connectivity index (χ2v) is 7.92. The van der Waals surface area contributed by atoms with Crippen LogP contribution in [0.1, 0.15) is 29.4 Å². The van der Waals surface area contributed by atoms with Crippen molar-refractivity contribution < 1.29 is 19.4 Å². The molecule has 2 N–H and O–H groups in total. The fraction of sp³-hybridized carbons (Fsp3) is 0.115. The van der Waals surface area contributed by atoms with Gasteiger partial charge in [0.1, 0.15) is 11.3 Å². The Morgan fingerprint density at radius 2 is 1.74 bits per heavy atom. The minimum atomic E-state index is -1.15. The maximum absolute atomic E-state index is 13.1. The lowest BCUT2D eigenvalue weighted by Gasteiger charge is -2.16. The molecule has 0 aliphatic rings. The zero-order chi connectivity index (χ0) is 24.4. The van der Waals surface area contributed by atoms with Gasteiger partial charge in [-0.1, -0.05) is 55.5 Å². The quantitative estimate of drug-likeness (QED) is 0.261. The van der Waals surface area contributed by atoms with E-state index < -0.39 is 5.97 Å². The minimum Gasteiger partial charge on any atom is -0.618 e. The number of carboxylic acid groups (broad SMARTS) is 1. The molecule has 0 bridgehead atoms. The molecule has 174 valence electrons. The van der Waals surface area contributed by atoms with Gasteiger partial charge in [0.2, 0.25) is 22.8 Å². The average molecular weight is 467 g/mol. The highest BCUT2D eigenvalue weighted by Gasteiger charge is 2.28. The molecular weight excluding hydrogens is 446 g/mol. The van der Waals surface area contributed by atoms with Gasteiger partial charge in [0.15, 0.2) is 0 Å². The molecule has 0 fully saturated rings. The van der Waals surface area contributed by atoms with Crippen molar-refractivity contribution in [1.82, 2.24) is 20.6 Å². The van der Waals surface area contributed by atoms with Crippen molar-refractivity contribution in [2.24, 2.45) is 0 Å². The van der Waals surface area contributed by atoms with Crippen LogP contribution in [0.2, 0.25) is 0 Å². The second-order valence-electron chi connectivity index (χ2n) is 7.92. The van der Waals surface area contributed by atoms with Crippen LogP contribution in [0.25, 0.3) is 33.4 Å². The van der Waals surface area contributed by atoms with Gasteiger partial charge < -0.3 is 15.1 Å². The smallest absolute Gasteiger partial charge is 0.340 e. The summed E-state index contributed by atoms with van der Waals surface area (Å²) in [5.74, 6) is -0.193. The van der Waals surface area contributed by atoms with E-state index in [2.05, 4.69) is 20.6 Å². The molecule has 5 aromatic rings. The van der Waals surface area contributed by atoms with E-state index in [0.29, 0.717) is 35.3 Å². The van der Waals surface area contributed by atoms with Gasteiger partial charge in [-0.15, -0.1) is 10.2 Å². The molecular formula is C26H21N5O4. The van der Waals surface area contributed by atoms with E-state index in [1.54, 1.807) is 36.4 Å². The number of rotatable bonds is 7. The summed E-state index contributed by atoms with van der Waals surface area (Å²) in [4.78, 5) is 12.3. The van der Waals surface area contributed by atoms with Gasteiger partial charge in [-0.3, -0.25) is 0 Å². The van der Waals surface area contributed by atoms with E-state index in [1.807, 2.05) is 43.3 Å². The Bertz CT molecular complexity index is 1520. The molecule has 0 radical (unpaired) electrons. The van der Waals surface area contributed by atoms with Crippen LogP contribution in [0.4, 0.5) is 0 Å². The Kier molecular flexibility index (Phi) is 5.80.